The highest BCUT2D eigenvalue weighted by molar-refractivity contribution is 7.89. The van der Waals surface area contributed by atoms with Crippen LogP contribution in [0.2, 0.25) is 5.02 Å². The summed E-state index contributed by atoms with van der Waals surface area (Å²) >= 11 is 5.93. The molecule has 1 heterocycles. The van der Waals surface area contributed by atoms with Crippen LogP contribution in [-0.2, 0) is 16.6 Å². The predicted octanol–water partition coefficient (Wildman–Crippen LogP) is 3.12. The Labute approximate surface area is 159 Å². The number of hydrogen-bond acceptors (Lipinski definition) is 7. The molecule has 0 radical (unpaired) electrons. The van der Waals surface area contributed by atoms with Gasteiger partial charge >= 0.3 is 0 Å². The van der Waals surface area contributed by atoms with Gasteiger partial charge in [-0.15, -0.1) is 0 Å². The van der Waals surface area contributed by atoms with E-state index in [0.717, 1.165) is 10.4 Å². The molecule has 0 saturated carbocycles. The van der Waals surface area contributed by atoms with Crippen LogP contribution in [0.3, 0.4) is 0 Å². The van der Waals surface area contributed by atoms with Gasteiger partial charge in [0.1, 0.15) is 0 Å². The Balaban J connectivity index is 1.85. The van der Waals surface area contributed by atoms with Crippen molar-refractivity contribution in [1.82, 2.24) is 14.4 Å². The van der Waals surface area contributed by atoms with Gasteiger partial charge in [-0.2, -0.15) is 9.29 Å². The van der Waals surface area contributed by atoms with Gasteiger partial charge < -0.3 is 4.52 Å². The Morgan fingerprint density at radius 2 is 1.96 bits per heavy atom. The lowest BCUT2D eigenvalue weighted by atomic mass is 10.2. The van der Waals surface area contributed by atoms with Crippen molar-refractivity contribution in [2.75, 3.05) is 7.05 Å². The molecule has 11 heteroatoms. The normalized spacial score (nSPS) is 11.7. The summed E-state index contributed by atoms with van der Waals surface area (Å²) in [5, 5.41) is 15.4. The van der Waals surface area contributed by atoms with E-state index in [1.807, 2.05) is 0 Å². The molecule has 0 saturated heterocycles. The minimum absolute atomic E-state index is 0.0367. The lowest BCUT2D eigenvalue weighted by Crippen LogP contribution is -2.27. The van der Waals surface area contributed by atoms with Crippen molar-refractivity contribution in [3.05, 3.63) is 69.6 Å². The SMILES string of the molecule is CN(Cc1nc(-c2cccc(Cl)c2)no1)S(=O)(=O)c1ccccc1[N+](=O)[O-]. The number of benzene rings is 2. The van der Waals surface area contributed by atoms with E-state index in [2.05, 4.69) is 10.1 Å². The number of sulfonamides is 1. The van der Waals surface area contributed by atoms with Crippen molar-refractivity contribution in [3.63, 3.8) is 0 Å². The molecule has 0 aliphatic heterocycles. The maximum Gasteiger partial charge on any atom is 0.289 e. The van der Waals surface area contributed by atoms with Gasteiger partial charge in [-0.3, -0.25) is 10.1 Å². The van der Waals surface area contributed by atoms with Crippen LogP contribution in [0.5, 0.6) is 0 Å². The highest BCUT2D eigenvalue weighted by Gasteiger charge is 2.30. The van der Waals surface area contributed by atoms with Crippen LogP contribution in [-0.4, -0.2) is 34.8 Å². The molecule has 0 amide bonds. The van der Waals surface area contributed by atoms with Crippen molar-refractivity contribution in [2.45, 2.75) is 11.4 Å². The maximum atomic E-state index is 12.7. The Bertz CT molecular complexity index is 1100. The zero-order chi connectivity index (χ0) is 19.6. The Kier molecular flexibility index (Phi) is 5.22. The number of aromatic nitrogens is 2. The van der Waals surface area contributed by atoms with E-state index >= 15 is 0 Å². The minimum atomic E-state index is -4.13. The number of hydrogen-bond donors (Lipinski definition) is 0. The van der Waals surface area contributed by atoms with Crippen LogP contribution in [0.4, 0.5) is 5.69 Å². The second-order valence-electron chi connectivity index (χ2n) is 5.51. The Hall–Kier alpha value is -2.82. The van der Waals surface area contributed by atoms with Crippen LogP contribution < -0.4 is 0 Å². The lowest BCUT2D eigenvalue weighted by Gasteiger charge is -2.14. The van der Waals surface area contributed by atoms with E-state index in [1.165, 1.54) is 25.2 Å². The lowest BCUT2D eigenvalue weighted by molar-refractivity contribution is -0.387. The molecule has 0 N–H and O–H groups in total. The van der Waals surface area contributed by atoms with E-state index in [-0.39, 0.29) is 18.3 Å². The first-order chi connectivity index (χ1) is 12.8. The summed E-state index contributed by atoms with van der Waals surface area (Å²) in [5.41, 5.74) is 0.108. The number of nitro groups is 1. The van der Waals surface area contributed by atoms with Crippen LogP contribution in [0, 0.1) is 10.1 Å². The van der Waals surface area contributed by atoms with Gasteiger partial charge in [-0.25, -0.2) is 8.42 Å². The van der Waals surface area contributed by atoms with Gasteiger partial charge in [0.05, 0.1) is 11.5 Å². The standard InChI is InChI=1S/C16H13ClN4O5S/c1-20(27(24,25)14-8-3-2-7-13(14)21(22)23)10-15-18-16(19-26-15)11-5-4-6-12(17)9-11/h2-9H,10H2,1H3. The molecule has 0 bridgehead atoms. The average Bonchev–Trinajstić information content (AvgIpc) is 3.10. The number of halogens is 1. The first kappa shape index (κ1) is 19.0. The van der Waals surface area contributed by atoms with Crippen molar-refractivity contribution >= 4 is 27.3 Å². The molecule has 0 fully saturated rings. The van der Waals surface area contributed by atoms with E-state index in [0.29, 0.717) is 10.6 Å². The first-order valence-electron chi connectivity index (χ1n) is 7.57. The molecule has 0 unspecified atom stereocenters. The van der Waals surface area contributed by atoms with Gasteiger partial charge in [0, 0.05) is 23.7 Å². The molecule has 1 aromatic heterocycles. The molecule has 2 aromatic carbocycles. The zero-order valence-electron chi connectivity index (χ0n) is 13.9. The van der Waals surface area contributed by atoms with Gasteiger partial charge in [0.2, 0.25) is 21.7 Å². The Morgan fingerprint density at radius 3 is 2.67 bits per heavy atom. The summed E-state index contributed by atoms with van der Waals surface area (Å²) in [6.45, 7) is -0.248. The third-order valence-electron chi connectivity index (χ3n) is 3.66. The molecule has 140 valence electrons. The molecule has 0 spiro atoms. The van der Waals surface area contributed by atoms with Gasteiger partial charge in [-0.1, -0.05) is 41.0 Å². The monoisotopic (exact) mass is 408 g/mol. The summed E-state index contributed by atoms with van der Waals surface area (Å²) < 4.78 is 31.4. The van der Waals surface area contributed by atoms with E-state index < -0.39 is 25.5 Å². The average molecular weight is 409 g/mol. The summed E-state index contributed by atoms with van der Waals surface area (Å²) in [6, 6.07) is 11.9. The zero-order valence-corrected chi connectivity index (χ0v) is 15.5. The maximum absolute atomic E-state index is 12.7. The molecule has 9 nitrogen and oxygen atoms in total. The number of rotatable bonds is 6. The molecule has 0 atom stereocenters. The van der Waals surface area contributed by atoms with Gasteiger partial charge in [0.25, 0.3) is 5.69 Å². The summed E-state index contributed by atoms with van der Waals surface area (Å²) in [5.74, 6) is 0.290. The molecule has 3 aromatic rings. The highest BCUT2D eigenvalue weighted by Crippen LogP contribution is 2.26. The van der Waals surface area contributed by atoms with Crippen LogP contribution >= 0.6 is 11.6 Å². The molecular formula is C16H13ClN4O5S. The fourth-order valence-electron chi connectivity index (χ4n) is 2.33. The first-order valence-corrected chi connectivity index (χ1v) is 9.39. The largest absolute Gasteiger partial charge is 0.338 e. The third-order valence-corrected chi connectivity index (χ3v) is 5.74. The minimum Gasteiger partial charge on any atom is -0.338 e. The second-order valence-corrected chi connectivity index (χ2v) is 7.96. The molecule has 27 heavy (non-hydrogen) atoms. The van der Waals surface area contributed by atoms with E-state index in [4.69, 9.17) is 16.1 Å². The van der Waals surface area contributed by atoms with Crippen LogP contribution in [0.1, 0.15) is 5.89 Å². The summed E-state index contributed by atoms with van der Waals surface area (Å²) in [4.78, 5) is 14.1. The Morgan fingerprint density at radius 1 is 1.22 bits per heavy atom. The fraction of sp³-hybridized carbons (Fsp3) is 0.125. The summed E-state index contributed by atoms with van der Waals surface area (Å²) in [6.07, 6.45) is 0. The molecular weight excluding hydrogens is 396 g/mol. The number of para-hydroxylation sites is 1. The topological polar surface area (TPSA) is 119 Å². The van der Waals surface area contributed by atoms with Gasteiger partial charge in [0.15, 0.2) is 4.90 Å². The second kappa shape index (κ2) is 7.43. The quantitative estimate of drug-likeness (QED) is 0.454. The smallest absolute Gasteiger partial charge is 0.289 e. The van der Waals surface area contributed by atoms with Crippen LogP contribution in [0.15, 0.2) is 57.9 Å². The molecule has 0 aliphatic carbocycles. The summed E-state index contributed by atoms with van der Waals surface area (Å²) in [7, 11) is -2.86. The molecule has 0 aliphatic rings. The van der Waals surface area contributed by atoms with Crippen molar-refractivity contribution in [3.8, 4) is 11.4 Å². The third kappa shape index (κ3) is 3.97. The highest BCUT2D eigenvalue weighted by atomic mass is 35.5. The predicted molar refractivity (Wildman–Crippen MR) is 96.5 cm³/mol. The number of nitro benzene ring substituents is 1. The van der Waals surface area contributed by atoms with Gasteiger partial charge in [-0.05, 0) is 18.2 Å². The van der Waals surface area contributed by atoms with Crippen LogP contribution in [0.25, 0.3) is 11.4 Å². The number of nitrogens with zero attached hydrogens (tertiary/aromatic N) is 4. The van der Waals surface area contributed by atoms with Crippen molar-refractivity contribution in [2.24, 2.45) is 0 Å². The van der Waals surface area contributed by atoms with E-state index in [1.54, 1.807) is 24.3 Å². The van der Waals surface area contributed by atoms with E-state index in [9.17, 15) is 18.5 Å². The van der Waals surface area contributed by atoms with Crippen molar-refractivity contribution in [1.29, 1.82) is 0 Å². The molecule has 3 rings (SSSR count). The van der Waals surface area contributed by atoms with Crippen molar-refractivity contribution < 1.29 is 17.9 Å². The fourth-order valence-corrected chi connectivity index (χ4v) is 3.80.